The van der Waals surface area contributed by atoms with Gasteiger partial charge < -0.3 is 49.6 Å². The summed E-state index contributed by atoms with van der Waals surface area (Å²) < 4.78 is 21.7. The van der Waals surface area contributed by atoms with Gasteiger partial charge in [-0.2, -0.15) is 0 Å². The third-order valence-corrected chi connectivity index (χ3v) is 4.87. The van der Waals surface area contributed by atoms with Gasteiger partial charge in [-0.05, 0) is 19.8 Å². The van der Waals surface area contributed by atoms with Crippen molar-refractivity contribution in [3.8, 4) is 0 Å². The number of hydrogen-bond donors (Lipinski definition) is 6. The highest BCUT2D eigenvalue weighted by atomic mass is 16.7. The van der Waals surface area contributed by atoms with E-state index in [9.17, 15) is 30.6 Å². The molecule has 0 aromatic rings. The Balaban J connectivity index is 1.89. The van der Waals surface area contributed by atoms with E-state index in [4.69, 9.17) is 18.9 Å². The average molecular weight is 408 g/mol. The fourth-order valence-corrected chi connectivity index (χ4v) is 3.07. The minimum absolute atomic E-state index is 0.251. The lowest BCUT2D eigenvalue weighted by atomic mass is 9.98. The zero-order valence-corrected chi connectivity index (χ0v) is 16.1. The monoisotopic (exact) mass is 408 g/mol. The Labute approximate surface area is 163 Å². The van der Waals surface area contributed by atoms with E-state index in [1.165, 1.54) is 6.92 Å². The number of rotatable bonds is 8. The van der Waals surface area contributed by atoms with E-state index < -0.39 is 61.4 Å². The normalized spacial score (nSPS) is 44.9. The van der Waals surface area contributed by atoms with Crippen LogP contribution in [0.3, 0.4) is 0 Å². The quantitative estimate of drug-likeness (QED) is 0.196. The minimum Gasteiger partial charge on any atom is -0.388 e. The van der Waals surface area contributed by atoms with Gasteiger partial charge in [0.2, 0.25) is 0 Å². The van der Waals surface area contributed by atoms with Crippen LogP contribution in [0, 0.1) is 0 Å². The lowest BCUT2D eigenvalue weighted by Crippen LogP contribution is -2.61. The van der Waals surface area contributed by atoms with Gasteiger partial charge in [-0.15, -0.1) is 0 Å². The van der Waals surface area contributed by atoms with Crippen LogP contribution in [-0.4, -0.2) is 105 Å². The number of allylic oxidation sites excluding steroid dienone is 1. The molecule has 0 saturated carbocycles. The van der Waals surface area contributed by atoms with E-state index in [1.54, 1.807) is 0 Å². The van der Waals surface area contributed by atoms with Crippen LogP contribution >= 0.6 is 0 Å². The molecule has 2 aliphatic rings. The van der Waals surface area contributed by atoms with Crippen LogP contribution in [0.25, 0.3) is 0 Å². The van der Waals surface area contributed by atoms with Crippen molar-refractivity contribution < 1.29 is 49.6 Å². The molecule has 10 atom stereocenters. The van der Waals surface area contributed by atoms with Crippen molar-refractivity contribution in [2.24, 2.45) is 0 Å². The van der Waals surface area contributed by atoms with Crippen LogP contribution in [0.15, 0.2) is 12.2 Å². The van der Waals surface area contributed by atoms with Crippen molar-refractivity contribution in [2.75, 3.05) is 13.2 Å². The fraction of sp³-hybridized carbons (Fsp3) is 0.889. The summed E-state index contributed by atoms with van der Waals surface area (Å²) in [5, 5.41) is 59.7. The highest BCUT2D eigenvalue weighted by Gasteiger charge is 2.46. The first-order valence-corrected chi connectivity index (χ1v) is 9.55. The molecule has 6 N–H and O–H groups in total. The second-order valence-electron chi connectivity index (χ2n) is 7.07. The first-order chi connectivity index (χ1) is 13.3. The smallest absolute Gasteiger partial charge is 0.186 e. The van der Waals surface area contributed by atoms with Crippen LogP contribution in [0.2, 0.25) is 0 Å². The molecular formula is C18H32O10. The molecule has 0 unspecified atom stereocenters. The van der Waals surface area contributed by atoms with Gasteiger partial charge in [-0.25, -0.2) is 0 Å². The third-order valence-electron chi connectivity index (χ3n) is 4.87. The van der Waals surface area contributed by atoms with Gasteiger partial charge in [0.25, 0.3) is 0 Å². The third kappa shape index (κ3) is 5.70. The molecule has 0 spiro atoms. The zero-order valence-electron chi connectivity index (χ0n) is 16.1. The maximum Gasteiger partial charge on any atom is 0.186 e. The van der Waals surface area contributed by atoms with Gasteiger partial charge in [0, 0.05) is 0 Å². The van der Waals surface area contributed by atoms with E-state index >= 15 is 0 Å². The predicted molar refractivity (Wildman–Crippen MR) is 95.0 cm³/mol. The second-order valence-corrected chi connectivity index (χ2v) is 7.07. The molecule has 2 rings (SSSR count). The summed E-state index contributed by atoms with van der Waals surface area (Å²) in [5.41, 5.74) is 0. The molecule has 10 nitrogen and oxygen atoms in total. The Hall–Kier alpha value is -0.660. The van der Waals surface area contributed by atoms with Crippen molar-refractivity contribution in [3.63, 3.8) is 0 Å². The maximum atomic E-state index is 10.1. The van der Waals surface area contributed by atoms with Crippen molar-refractivity contribution in [2.45, 2.75) is 88.1 Å². The first-order valence-electron chi connectivity index (χ1n) is 9.55. The summed E-state index contributed by atoms with van der Waals surface area (Å²) in [4.78, 5) is 0. The highest BCUT2D eigenvalue weighted by molar-refractivity contribution is 4.91. The molecule has 164 valence electrons. The lowest BCUT2D eigenvalue weighted by Gasteiger charge is -2.42. The second kappa shape index (κ2) is 10.9. The topological polar surface area (TPSA) is 158 Å². The molecule has 0 aromatic carbocycles. The number of aliphatic hydroxyl groups excluding tert-OH is 6. The van der Waals surface area contributed by atoms with Crippen LogP contribution in [0.1, 0.15) is 26.7 Å². The van der Waals surface area contributed by atoms with E-state index in [-0.39, 0.29) is 13.2 Å². The van der Waals surface area contributed by atoms with Crippen LogP contribution in [0.4, 0.5) is 0 Å². The van der Waals surface area contributed by atoms with E-state index in [0.717, 1.165) is 6.42 Å². The van der Waals surface area contributed by atoms with Crippen molar-refractivity contribution >= 4 is 0 Å². The fourth-order valence-electron chi connectivity index (χ4n) is 3.07. The molecule has 0 amide bonds. The van der Waals surface area contributed by atoms with Gasteiger partial charge in [0.05, 0.1) is 19.3 Å². The number of aliphatic hydroxyl groups is 6. The van der Waals surface area contributed by atoms with Crippen molar-refractivity contribution in [3.05, 3.63) is 12.2 Å². The van der Waals surface area contributed by atoms with E-state index in [2.05, 4.69) is 0 Å². The molecule has 2 heterocycles. The molecule has 0 radical (unpaired) electrons. The van der Waals surface area contributed by atoms with Crippen molar-refractivity contribution in [1.82, 2.24) is 0 Å². The molecule has 2 aliphatic heterocycles. The summed E-state index contributed by atoms with van der Waals surface area (Å²) in [6, 6.07) is 0. The average Bonchev–Trinajstić information content (AvgIpc) is 2.68. The highest BCUT2D eigenvalue weighted by Crippen LogP contribution is 2.25. The largest absolute Gasteiger partial charge is 0.388 e. The van der Waals surface area contributed by atoms with E-state index in [1.807, 2.05) is 19.1 Å². The van der Waals surface area contributed by atoms with Crippen LogP contribution in [0.5, 0.6) is 0 Å². The molecule has 0 aliphatic carbocycles. The summed E-state index contributed by atoms with van der Waals surface area (Å²) >= 11 is 0. The van der Waals surface area contributed by atoms with Crippen LogP contribution in [-0.2, 0) is 18.9 Å². The maximum absolute atomic E-state index is 10.1. The van der Waals surface area contributed by atoms with E-state index in [0.29, 0.717) is 6.42 Å². The van der Waals surface area contributed by atoms with Gasteiger partial charge in [-0.1, -0.05) is 19.1 Å². The Bertz CT molecular complexity index is 489. The molecule has 0 bridgehead atoms. The lowest BCUT2D eigenvalue weighted by molar-refractivity contribution is -0.327. The first kappa shape index (κ1) is 23.6. The molecular weight excluding hydrogens is 376 g/mol. The molecule has 2 saturated heterocycles. The number of hydrogen-bond acceptors (Lipinski definition) is 10. The summed E-state index contributed by atoms with van der Waals surface area (Å²) in [6.45, 7) is 3.46. The Morgan fingerprint density at radius 2 is 1.36 bits per heavy atom. The molecule has 10 heteroatoms. The Kier molecular flexibility index (Phi) is 9.22. The van der Waals surface area contributed by atoms with Gasteiger partial charge in [-0.3, -0.25) is 0 Å². The van der Waals surface area contributed by atoms with Gasteiger partial charge in [0.1, 0.15) is 42.7 Å². The molecule has 28 heavy (non-hydrogen) atoms. The van der Waals surface area contributed by atoms with Crippen molar-refractivity contribution in [1.29, 1.82) is 0 Å². The standard InChI is InChI=1S/C18H32O10/c1-3-4-5-6-7-25-17-16(24)14(22)12(20)10(28-17)8-26-18-15(23)13(21)11(19)9(2)27-18/h4-5,9-24H,3,6-8H2,1-2H3/t9-,10-,11-,12-,13+,14+,15+,16-,17-,18-/m1/s1. The zero-order chi connectivity index (χ0) is 20.8. The summed E-state index contributed by atoms with van der Waals surface area (Å²) in [5.74, 6) is 0. The summed E-state index contributed by atoms with van der Waals surface area (Å²) in [7, 11) is 0. The SMILES string of the molecule is CCC=CCCO[C@@H]1O[C@H](CO[C@@H]2O[C@H](C)[C@@H](O)[C@H](O)[C@@H]2O)[C@@H](O)[C@H](O)[C@H]1O. The van der Waals surface area contributed by atoms with Crippen LogP contribution < -0.4 is 0 Å². The minimum atomic E-state index is -1.51. The molecule has 2 fully saturated rings. The van der Waals surface area contributed by atoms with Gasteiger partial charge >= 0.3 is 0 Å². The van der Waals surface area contributed by atoms with Gasteiger partial charge in [0.15, 0.2) is 12.6 Å². The predicted octanol–water partition coefficient (Wildman–Crippen LogP) is -1.99. The number of ether oxygens (including phenoxy) is 4. The Morgan fingerprint density at radius 3 is 2.00 bits per heavy atom. The molecule has 0 aromatic heterocycles. The summed E-state index contributed by atoms with van der Waals surface area (Å²) in [6.07, 6.45) is -7.49. The Morgan fingerprint density at radius 1 is 0.750 bits per heavy atom.